The van der Waals surface area contributed by atoms with Crippen molar-refractivity contribution in [1.82, 2.24) is 24.5 Å². The van der Waals surface area contributed by atoms with Gasteiger partial charge in [-0.2, -0.15) is 23.3 Å². The van der Waals surface area contributed by atoms with Gasteiger partial charge < -0.3 is 20.8 Å². The maximum absolute atomic E-state index is 13.4. The van der Waals surface area contributed by atoms with E-state index in [1.807, 2.05) is 4.40 Å². The van der Waals surface area contributed by atoms with Gasteiger partial charge in [0.25, 0.3) is 5.91 Å². The number of halogens is 4. The number of allylic oxidation sites excluding steroid dienone is 1. The van der Waals surface area contributed by atoms with E-state index in [1.165, 1.54) is 10.8 Å². The predicted octanol–water partition coefficient (Wildman–Crippen LogP) is 3.21. The minimum atomic E-state index is -5.24. The molecule has 196 valence electrons. The molecule has 37 heavy (non-hydrogen) atoms. The van der Waals surface area contributed by atoms with Crippen molar-refractivity contribution in [2.24, 2.45) is 0 Å². The molecule has 2 aliphatic heterocycles. The molecule has 3 aromatic rings. The number of carbonyl (C=O) groups excluding carboxylic acids is 2. The second-order valence-electron chi connectivity index (χ2n) is 8.66. The standard InChI is InChI=1S/C22H22ClF3N8O3/c1-12(13-9-14(23)15-10-28-11-32(15)19(13)31-5-2-3-6-31)29-18(35)16-17(27)30-33-7-4-8-34(20(16)33)37-21(36)22(24,25)26/h4,8-12H,2-3,5-7H2,1H3,(H2,27,30)(H,29,35). The third-order valence-electron chi connectivity index (χ3n) is 6.19. The lowest BCUT2D eigenvalue weighted by Crippen LogP contribution is -2.36. The van der Waals surface area contributed by atoms with Crippen LogP contribution >= 0.6 is 11.6 Å². The Bertz CT molecular complexity index is 1410. The topological polar surface area (TPSA) is 123 Å². The van der Waals surface area contributed by atoms with Crippen molar-refractivity contribution in [2.75, 3.05) is 28.8 Å². The summed E-state index contributed by atoms with van der Waals surface area (Å²) in [6.07, 6.45) is 2.58. The van der Waals surface area contributed by atoms with Gasteiger partial charge in [0, 0.05) is 24.9 Å². The molecule has 0 aliphatic carbocycles. The maximum Gasteiger partial charge on any atom is 0.493 e. The fourth-order valence-electron chi connectivity index (χ4n) is 4.55. The second-order valence-corrected chi connectivity index (χ2v) is 9.07. The predicted molar refractivity (Wildman–Crippen MR) is 128 cm³/mol. The molecule has 3 N–H and O–H groups in total. The zero-order chi connectivity index (χ0) is 26.5. The number of anilines is 3. The van der Waals surface area contributed by atoms with Crippen molar-refractivity contribution < 1.29 is 27.6 Å². The molecule has 0 saturated carbocycles. The summed E-state index contributed by atoms with van der Waals surface area (Å²) in [4.78, 5) is 35.7. The lowest BCUT2D eigenvalue weighted by Gasteiger charge is -2.27. The van der Waals surface area contributed by atoms with Crippen LogP contribution in [0.1, 0.15) is 41.7 Å². The van der Waals surface area contributed by atoms with Gasteiger partial charge >= 0.3 is 12.1 Å². The second kappa shape index (κ2) is 9.18. The summed E-state index contributed by atoms with van der Waals surface area (Å²) < 4.78 is 41.5. The van der Waals surface area contributed by atoms with E-state index < -0.39 is 24.1 Å². The zero-order valence-corrected chi connectivity index (χ0v) is 20.3. The Labute approximate surface area is 213 Å². The van der Waals surface area contributed by atoms with Crippen molar-refractivity contribution in [3.63, 3.8) is 0 Å². The van der Waals surface area contributed by atoms with E-state index >= 15 is 0 Å². The van der Waals surface area contributed by atoms with Crippen LogP contribution in [0, 0.1) is 0 Å². The summed E-state index contributed by atoms with van der Waals surface area (Å²) in [7, 11) is 0. The SMILES string of the molecule is CC(NC(=O)c1c(N)nn2c1N(OC(=O)C(F)(F)F)C=CC2)c1cc(Cl)c2cncn2c1N1CCCC1. The minimum Gasteiger partial charge on any atom is -0.381 e. The molecule has 0 spiro atoms. The number of nitrogens with one attached hydrogen (secondary N) is 1. The van der Waals surface area contributed by atoms with Gasteiger partial charge in [-0.05, 0) is 31.9 Å². The molecule has 1 fully saturated rings. The van der Waals surface area contributed by atoms with Crippen LogP contribution in [0.25, 0.3) is 5.52 Å². The average molecular weight is 539 g/mol. The molecule has 0 radical (unpaired) electrons. The highest BCUT2D eigenvalue weighted by Gasteiger charge is 2.44. The van der Waals surface area contributed by atoms with Crippen LogP contribution in [0.2, 0.25) is 5.02 Å². The molecule has 11 nitrogen and oxygen atoms in total. The molecule has 3 aromatic heterocycles. The molecule has 1 unspecified atom stereocenters. The molecule has 5 heterocycles. The lowest BCUT2D eigenvalue weighted by atomic mass is 10.1. The Morgan fingerprint density at radius 2 is 1.97 bits per heavy atom. The first-order valence-electron chi connectivity index (χ1n) is 11.4. The number of nitrogens with two attached hydrogens (primary N) is 1. The molecular weight excluding hydrogens is 517 g/mol. The minimum absolute atomic E-state index is 0.106. The van der Waals surface area contributed by atoms with Crippen molar-refractivity contribution in [3.05, 3.63) is 47.0 Å². The first kappa shape index (κ1) is 24.7. The number of alkyl halides is 3. The number of hydrogen-bond donors (Lipinski definition) is 2. The van der Waals surface area contributed by atoms with Crippen LogP contribution in [0.15, 0.2) is 30.9 Å². The van der Waals surface area contributed by atoms with E-state index in [1.54, 1.807) is 25.5 Å². The Balaban J connectivity index is 1.48. The number of amides is 1. The Hall–Kier alpha value is -3.94. The lowest BCUT2D eigenvalue weighted by molar-refractivity contribution is -0.200. The Morgan fingerprint density at radius 1 is 1.24 bits per heavy atom. The average Bonchev–Trinajstić information content (AvgIpc) is 3.58. The molecule has 0 aromatic carbocycles. The van der Waals surface area contributed by atoms with Crippen LogP contribution in [0.5, 0.6) is 0 Å². The molecule has 1 saturated heterocycles. The molecule has 1 atom stereocenters. The summed E-state index contributed by atoms with van der Waals surface area (Å²) in [6, 6.07) is 1.15. The number of nitrogen functional groups attached to an aromatic ring is 1. The summed E-state index contributed by atoms with van der Waals surface area (Å²) in [5, 5.41) is 7.84. The number of rotatable bonds is 5. The first-order chi connectivity index (χ1) is 17.6. The van der Waals surface area contributed by atoms with Gasteiger partial charge in [-0.3, -0.25) is 9.20 Å². The third kappa shape index (κ3) is 4.41. The van der Waals surface area contributed by atoms with Gasteiger partial charge in [0.15, 0.2) is 11.6 Å². The number of nitrogens with zero attached hydrogens (tertiary/aromatic N) is 6. The number of imidazole rings is 1. The van der Waals surface area contributed by atoms with Gasteiger partial charge in [0.1, 0.15) is 17.7 Å². The first-order valence-corrected chi connectivity index (χ1v) is 11.8. The fraction of sp³-hybridized carbons (Fsp3) is 0.364. The molecular formula is C22H22ClF3N8O3. The van der Waals surface area contributed by atoms with E-state index in [2.05, 4.69) is 25.1 Å². The van der Waals surface area contributed by atoms with Crippen LogP contribution in [-0.2, 0) is 16.2 Å². The van der Waals surface area contributed by atoms with Crippen molar-refractivity contribution in [3.8, 4) is 0 Å². The van der Waals surface area contributed by atoms with E-state index in [0.717, 1.165) is 43.5 Å². The zero-order valence-electron chi connectivity index (χ0n) is 19.5. The third-order valence-corrected chi connectivity index (χ3v) is 6.49. The van der Waals surface area contributed by atoms with Crippen LogP contribution in [-0.4, -0.2) is 50.3 Å². The normalized spacial score (nSPS) is 16.2. The highest BCUT2D eigenvalue weighted by Crippen LogP contribution is 2.36. The molecule has 5 rings (SSSR count). The van der Waals surface area contributed by atoms with Crippen molar-refractivity contribution in [1.29, 1.82) is 0 Å². The maximum atomic E-state index is 13.4. The van der Waals surface area contributed by atoms with Gasteiger partial charge in [-0.15, -0.1) is 0 Å². The molecule has 15 heteroatoms. The number of aromatic nitrogens is 4. The quantitative estimate of drug-likeness (QED) is 0.508. The summed E-state index contributed by atoms with van der Waals surface area (Å²) in [5.41, 5.74) is 7.18. The number of carbonyl (C=O) groups is 2. The Kier molecular flexibility index (Phi) is 6.14. The van der Waals surface area contributed by atoms with E-state index in [-0.39, 0.29) is 23.7 Å². The van der Waals surface area contributed by atoms with Crippen molar-refractivity contribution in [2.45, 2.75) is 38.5 Å². The Morgan fingerprint density at radius 3 is 2.68 bits per heavy atom. The van der Waals surface area contributed by atoms with E-state index in [4.69, 9.17) is 17.3 Å². The number of hydroxylamine groups is 1. The molecule has 1 amide bonds. The van der Waals surface area contributed by atoms with Crippen LogP contribution in [0.3, 0.4) is 0 Å². The van der Waals surface area contributed by atoms with E-state index in [0.29, 0.717) is 15.6 Å². The monoisotopic (exact) mass is 538 g/mol. The highest BCUT2D eigenvalue weighted by atomic mass is 35.5. The fourth-order valence-corrected chi connectivity index (χ4v) is 4.81. The number of fused-ring (bicyclic) bond motifs is 2. The summed E-state index contributed by atoms with van der Waals surface area (Å²) in [6.45, 7) is 3.49. The largest absolute Gasteiger partial charge is 0.493 e. The smallest absolute Gasteiger partial charge is 0.381 e. The van der Waals surface area contributed by atoms with Gasteiger partial charge in [0.2, 0.25) is 0 Å². The summed E-state index contributed by atoms with van der Waals surface area (Å²) in [5.74, 6) is -2.78. The van der Waals surface area contributed by atoms with Crippen LogP contribution < -0.4 is 21.0 Å². The molecule has 0 bridgehead atoms. The van der Waals surface area contributed by atoms with E-state index in [9.17, 15) is 22.8 Å². The molecule has 2 aliphatic rings. The highest BCUT2D eigenvalue weighted by molar-refractivity contribution is 6.34. The number of hydrogen-bond acceptors (Lipinski definition) is 8. The van der Waals surface area contributed by atoms with Gasteiger partial charge in [-0.25, -0.2) is 14.5 Å². The number of pyridine rings is 1. The summed E-state index contributed by atoms with van der Waals surface area (Å²) >= 11 is 6.51. The van der Waals surface area contributed by atoms with Gasteiger partial charge in [0.05, 0.1) is 29.3 Å². The van der Waals surface area contributed by atoms with Crippen LogP contribution in [0.4, 0.5) is 30.6 Å². The van der Waals surface area contributed by atoms with Crippen molar-refractivity contribution >= 4 is 46.4 Å². The van der Waals surface area contributed by atoms with Gasteiger partial charge in [-0.1, -0.05) is 11.6 Å².